The summed E-state index contributed by atoms with van der Waals surface area (Å²) < 4.78 is 6.84. The van der Waals surface area contributed by atoms with E-state index in [1.54, 1.807) is 53.1 Å². The number of rotatable bonds is 6. The molecule has 1 aliphatic heterocycles. The molecule has 0 spiro atoms. The van der Waals surface area contributed by atoms with Crippen LogP contribution in [-0.2, 0) is 0 Å². The van der Waals surface area contributed by atoms with Gasteiger partial charge in [0, 0.05) is 49.6 Å². The molecule has 1 saturated heterocycles. The maximum Gasteiger partial charge on any atom is 0.272 e. The van der Waals surface area contributed by atoms with Gasteiger partial charge in [-0.3, -0.25) is 14.9 Å². The van der Waals surface area contributed by atoms with Crippen LogP contribution in [-0.4, -0.2) is 58.8 Å². The summed E-state index contributed by atoms with van der Waals surface area (Å²) in [5.74, 6) is 0.562. The Morgan fingerprint density at radius 1 is 0.895 bits per heavy atom. The molecule has 5 rings (SSSR count). The fourth-order valence-electron chi connectivity index (χ4n) is 4.36. The van der Waals surface area contributed by atoms with E-state index < -0.39 is 4.92 Å². The number of hydrogen-bond donors (Lipinski definition) is 0. The van der Waals surface area contributed by atoms with Gasteiger partial charge in [-0.15, -0.1) is 0 Å². The van der Waals surface area contributed by atoms with Crippen LogP contribution >= 0.6 is 23.2 Å². The lowest BCUT2D eigenvalue weighted by Crippen LogP contribution is -2.49. The largest absolute Gasteiger partial charge is 0.497 e. The second-order valence-electron chi connectivity index (χ2n) is 8.71. The van der Waals surface area contributed by atoms with Crippen molar-refractivity contribution in [1.82, 2.24) is 14.7 Å². The van der Waals surface area contributed by atoms with Gasteiger partial charge in [0.05, 0.1) is 33.5 Å². The summed E-state index contributed by atoms with van der Waals surface area (Å²) in [5.41, 5.74) is 3.41. The maximum atomic E-state index is 13.7. The van der Waals surface area contributed by atoms with Crippen LogP contribution in [0.5, 0.6) is 5.75 Å². The third kappa shape index (κ3) is 5.16. The second-order valence-corrected chi connectivity index (χ2v) is 9.52. The number of hydrogen-bond acceptors (Lipinski definition) is 6. The molecule has 38 heavy (non-hydrogen) atoms. The van der Waals surface area contributed by atoms with Gasteiger partial charge in [0.15, 0.2) is 0 Å². The zero-order chi connectivity index (χ0) is 26.8. The molecule has 0 atom stereocenters. The first-order valence-electron chi connectivity index (χ1n) is 11.8. The van der Waals surface area contributed by atoms with Gasteiger partial charge < -0.3 is 14.5 Å². The van der Waals surface area contributed by atoms with E-state index in [-0.39, 0.29) is 11.6 Å². The highest BCUT2D eigenvalue weighted by Crippen LogP contribution is 2.29. The van der Waals surface area contributed by atoms with E-state index in [1.165, 1.54) is 12.1 Å². The van der Waals surface area contributed by atoms with Gasteiger partial charge in [-0.2, -0.15) is 5.10 Å². The van der Waals surface area contributed by atoms with Gasteiger partial charge in [-0.25, -0.2) is 4.68 Å². The average Bonchev–Trinajstić information content (AvgIpc) is 3.40. The lowest BCUT2D eigenvalue weighted by Gasteiger charge is -2.36. The van der Waals surface area contributed by atoms with Crippen molar-refractivity contribution in [2.75, 3.05) is 38.2 Å². The zero-order valence-corrected chi connectivity index (χ0v) is 21.9. The minimum Gasteiger partial charge on any atom is -0.497 e. The predicted octanol–water partition coefficient (Wildman–Crippen LogP) is 5.73. The standard InChI is InChI=1S/C27H23Cl2N5O4/c1-38-22-9-2-18(3-10-22)25-17-26(33(30-25)21-8-11-23(28)24(29)16-21)27(35)32-14-12-31(13-15-32)19-4-6-20(7-5-19)34(36)37/h2-11,16-17H,12-15H2,1H3. The first-order chi connectivity index (χ1) is 18.3. The van der Waals surface area contributed by atoms with E-state index in [1.807, 2.05) is 24.3 Å². The first kappa shape index (κ1) is 25.6. The van der Waals surface area contributed by atoms with Crippen molar-refractivity contribution in [3.05, 3.63) is 98.6 Å². The number of amides is 1. The fraction of sp³-hybridized carbons (Fsp3) is 0.185. The molecular formula is C27H23Cl2N5O4. The van der Waals surface area contributed by atoms with Gasteiger partial charge >= 0.3 is 0 Å². The smallest absolute Gasteiger partial charge is 0.272 e. The molecule has 0 unspecified atom stereocenters. The molecular weight excluding hydrogens is 529 g/mol. The van der Waals surface area contributed by atoms with Gasteiger partial charge in [-0.1, -0.05) is 23.2 Å². The Balaban J connectivity index is 1.41. The van der Waals surface area contributed by atoms with Gasteiger partial charge in [0.2, 0.25) is 0 Å². The molecule has 1 aliphatic rings. The van der Waals surface area contributed by atoms with Crippen LogP contribution < -0.4 is 9.64 Å². The Hall–Kier alpha value is -4.08. The van der Waals surface area contributed by atoms with Crippen molar-refractivity contribution >= 4 is 40.5 Å². The molecule has 1 fully saturated rings. The average molecular weight is 552 g/mol. The third-order valence-corrected chi connectivity index (χ3v) is 7.19. The third-order valence-electron chi connectivity index (χ3n) is 6.45. The van der Waals surface area contributed by atoms with E-state index in [9.17, 15) is 14.9 Å². The predicted molar refractivity (Wildman–Crippen MR) is 147 cm³/mol. The normalized spacial score (nSPS) is 13.4. The fourth-order valence-corrected chi connectivity index (χ4v) is 4.66. The number of nitro benzene ring substituents is 1. The summed E-state index contributed by atoms with van der Waals surface area (Å²) in [6.07, 6.45) is 0. The quantitative estimate of drug-likeness (QED) is 0.224. The molecule has 3 aromatic carbocycles. The Morgan fingerprint density at radius 3 is 2.16 bits per heavy atom. The van der Waals surface area contributed by atoms with Crippen LogP contribution in [0.2, 0.25) is 10.0 Å². The van der Waals surface area contributed by atoms with Crippen LogP contribution in [0.3, 0.4) is 0 Å². The van der Waals surface area contributed by atoms with Crippen molar-refractivity contribution in [1.29, 1.82) is 0 Å². The van der Waals surface area contributed by atoms with E-state index in [2.05, 4.69) is 4.90 Å². The topological polar surface area (TPSA) is 93.7 Å². The molecule has 0 saturated carbocycles. The SMILES string of the molecule is COc1ccc(-c2cc(C(=O)N3CCN(c4ccc([N+](=O)[O-])cc4)CC3)n(-c3ccc(Cl)c(Cl)c3)n2)cc1. The first-order valence-corrected chi connectivity index (χ1v) is 12.6. The lowest BCUT2D eigenvalue weighted by atomic mass is 10.1. The van der Waals surface area contributed by atoms with Crippen molar-refractivity contribution < 1.29 is 14.5 Å². The van der Waals surface area contributed by atoms with Crippen LogP contribution in [0.15, 0.2) is 72.8 Å². The van der Waals surface area contributed by atoms with Crippen LogP contribution in [0.4, 0.5) is 11.4 Å². The molecule has 9 nitrogen and oxygen atoms in total. The number of methoxy groups -OCH3 is 1. The number of nitro groups is 1. The number of non-ortho nitro benzene ring substituents is 1. The number of anilines is 1. The molecule has 0 N–H and O–H groups in total. The van der Waals surface area contributed by atoms with Crippen molar-refractivity contribution in [3.63, 3.8) is 0 Å². The summed E-state index contributed by atoms with van der Waals surface area (Å²) in [5, 5.41) is 16.5. The molecule has 2 heterocycles. The summed E-state index contributed by atoms with van der Waals surface area (Å²) >= 11 is 12.4. The number of piperazine rings is 1. The Kier molecular flexibility index (Phi) is 7.22. The highest BCUT2D eigenvalue weighted by atomic mass is 35.5. The summed E-state index contributed by atoms with van der Waals surface area (Å²) in [6, 6.07) is 20.8. The summed E-state index contributed by atoms with van der Waals surface area (Å²) in [4.78, 5) is 28.2. The number of halogens is 2. The molecule has 0 aliphatic carbocycles. The number of carbonyl (C=O) groups is 1. The van der Waals surface area contributed by atoms with Crippen molar-refractivity contribution in [3.8, 4) is 22.7 Å². The number of benzene rings is 3. The van der Waals surface area contributed by atoms with Gasteiger partial charge in [0.25, 0.3) is 11.6 Å². The molecule has 0 bridgehead atoms. The lowest BCUT2D eigenvalue weighted by molar-refractivity contribution is -0.384. The maximum absolute atomic E-state index is 13.7. The van der Waals surface area contributed by atoms with Crippen molar-refractivity contribution in [2.45, 2.75) is 0 Å². The molecule has 0 radical (unpaired) electrons. The van der Waals surface area contributed by atoms with Crippen LogP contribution in [0.1, 0.15) is 10.5 Å². The number of aromatic nitrogens is 2. The molecule has 1 amide bonds. The highest BCUT2D eigenvalue weighted by molar-refractivity contribution is 6.42. The number of nitrogens with zero attached hydrogens (tertiary/aromatic N) is 5. The van der Waals surface area contributed by atoms with Crippen molar-refractivity contribution in [2.24, 2.45) is 0 Å². The minimum atomic E-state index is -0.419. The minimum absolute atomic E-state index is 0.0470. The number of carbonyl (C=O) groups excluding carboxylic acids is 1. The number of ether oxygens (including phenoxy) is 1. The van der Waals surface area contributed by atoms with E-state index in [0.29, 0.717) is 53.3 Å². The van der Waals surface area contributed by atoms with Gasteiger partial charge in [-0.05, 0) is 60.7 Å². The second kappa shape index (κ2) is 10.7. The Bertz CT molecular complexity index is 1480. The monoisotopic (exact) mass is 551 g/mol. The summed E-state index contributed by atoms with van der Waals surface area (Å²) in [6.45, 7) is 2.16. The highest BCUT2D eigenvalue weighted by Gasteiger charge is 2.27. The van der Waals surface area contributed by atoms with Crippen LogP contribution in [0, 0.1) is 10.1 Å². The van der Waals surface area contributed by atoms with E-state index in [0.717, 1.165) is 17.0 Å². The molecule has 1 aromatic heterocycles. The summed E-state index contributed by atoms with van der Waals surface area (Å²) in [7, 11) is 1.60. The van der Waals surface area contributed by atoms with Gasteiger partial charge in [0.1, 0.15) is 11.4 Å². The van der Waals surface area contributed by atoms with E-state index in [4.69, 9.17) is 33.0 Å². The van der Waals surface area contributed by atoms with E-state index >= 15 is 0 Å². The molecule has 11 heteroatoms. The Morgan fingerprint density at radius 2 is 1.55 bits per heavy atom. The molecule has 4 aromatic rings. The Labute approximate surface area is 228 Å². The molecule has 194 valence electrons. The zero-order valence-electron chi connectivity index (χ0n) is 20.4. The van der Waals surface area contributed by atoms with Crippen LogP contribution in [0.25, 0.3) is 16.9 Å².